The molecule has 0 saturated carbocycles. The number of carbonyl (C=O) groups excluding carboxylic acids is 1. The highest BCUT2D eigenvalue weighted by atomic mass is 35.5. The zero-order valence-electron chi connectivity index (χ0n) is 12.8. The summed E-state index contributed by atoms with van der Waals surface area (Å²) in [5.74, 6) is -0.0196. The number of nitrogens with zero attached hydrogens (tertiary/aromatic N) is 1. The van der Waals surface area contributed by atoms with Crippen LogP contribution in [0.5, 0.6) is 0 Å². The zero-order chi connectivity index (χ0) is 15.3. The van der Waals surface area contributed by atoms with Crippen LogP contribution in [-0.2, 0) is 4.79 Å². The van der Waals surface area contributed by atoms with E-state index in [-0.39, 0.29) is 5.91 Å². The number of hydrogen-bond donors (Lipinski definition) is 2. The summed E-state index contributed by atoms with van der Waals surface area (Å²) in [6.07, 6.45) is 2.35. The Morgan fingerprint density at radius 3 is 2.52 bits per heavy atom. The number of hydrogen-bond acceptors (Lipinski definition) is 3. The molecule has 2 rings (SSSR count). The molecule has 0 unspecified atom stereocenters. The van der Waals surface area contributed by atoms with E-state index in [9.17, 15) is 4.79 Å². The van der Waals surface area contributed by atoms with E-state index >= 15 is 0 Å². The lowest BCUT2D eigenvalue weighted by Gasteiger charge is -2.38. The molecule has 21 heavy (non-hydrogen) atoms. The second-order valence-corrected chi connectivity index (χ2v) is 6.71. The number of carbonyl (C=O) groups is 1. The molecule has 0 atom stereocenters. The van der Waals surface area contributed by atoms with Gasteiger partial charge in [0.25, 0.3) is 0 Å². The molecule has 0 aliphatic carbocycles. The maximum Gasteiger partial charge on any atom is 0.238 e. The summed E-state index contributed by atoms with van der Waals surface area (Å²) in [6, 6.07) is 7.14. The number of rotatable bonds is 5. The van der Waals surface area contributed by atoms with E-state index in [4.69, 9.17) is 11.6 Å². The molecule has 1 saturated heterocycles. The van der Waals surface area contributed by atoms with Gasteiger partial charge >= 0.3 is 0 Å². The normalized spacial score (nSPS) is 18.4. The summed E-state index contributed by atoms with van der Waals surface area (Å²) in [7, 11) is 2.16. The Hall–Kier alpha value is -1.10. The Labute approximate surface area is 131 Å². The summed E-state index contributed by atoms with van der Waals surface area (Å²) >= 11 is 5.81. The number of likely N-dealkylation sites (tertiary alicyclic amines) is 1. The van der Waals surface area contributed by atoms with Gasteiger partial charge in [0.15, 0.2) is 0 Å². The average Bonchev–Trinajstić information content (AvgIpc) is 2.45. The molecule has 1 aliphatic rings. The third-order valence-corrected chi connectivity index (χ3v) is 4.41. The van der Waals surface area contributed by atoms with E-state index in [1.807, 2.05) is 0 Å². The first-order chi connectivity index (χ1) is 9.97. The number of piperidine rings is 1. The summed E-state index contributed by atoms with van der Waals surface area (Å²) < 4.78 is 0. The van der Waals surface area contributed by atoms with E-state index in [0.29, 0.717) is 17.0 Å². The molecule has 0 spiro atoms. The minimum absolute atomic E-state index is 0.0196. The monoisotopic (exact) mass is 309 g/mol. The van der Waals surface area contributed by atoms with Crippen molar-refractivity contribution in [1.29, 1.82) is 0 Å². The third-order valence-electron chi connectivity index (χ3n) is 4.16. The second kappa shape index (κ2) is 7.25. The SMILES string of the molecule is CN1CCC(C)(CNCC(=O)Nc2ccc(Cl)cc2)CC1. The number of anilines is 1. The molecule has 1 fully saturated rings. The van der Waals surface area contributed by atoms with Crippen molar-refractivity contribution >= 4 is 23.2 Å². The summed E-state index contributed by atoms with van der Waals surface area (Å²) in [5.41, 5.74) is 1.07. The molecule has 1 aromatic rings. The predicted molar refractivity (Wildman–Crippen MR) is 87.8 cm³/mol. The Kier molecular flexibility index (Phi) is 5.62. The van der Waals surface area contributed by atoms with Gasteiger partial charge in [0, 0.05) is 17.3 Å². The fourth-order valence-electron chi connectivity index (χ4n) is 2.55. The number of benzene rings is 1. The van der Waals surface area contributed by atoms with Gasteiger partial charge in [0.2, 0.25) is 5.91 Å². The van der Waals surface area contributed by atoms with Crippen molar-refractivity contribution in [2.75, 3.05) is 38.5 Å². The van der Waals surface area contributed by atoms with Crippen LogP contribution in [0, 0.1) is 5.41 Å². The average molecular weight is 310 g/mol. The molecule has 1 aromatic carbocycles. The molecule has 0 radical (unpaired) electrons. The van der Waals surface area contributed by atoms with Crippen LogP contribution in [0.2, 0.25) is 5.02 Å². The largest absolute Gasteiger partial charge is 0.325 e. The molecule has 0 bridgehead atoms. The maximum absolute atomic E-state index is 11.9. The summed E-state index contributed by atoms with van der Waals surface area (Å²) in [5, 5.41) is 6.81. The summed E-state index contributed by atoms with van der Waals surface area (Å²) in [6.45, 7) is 5.79. The van der Waals surface area contributed by atoms with Crippen molar-refractivity contribution in [3.63, 3.8) is 0 Å². The topological polar surface area (TPSA) is 44.4 Å². The van der Waals surface area contributed by atoms with Crippen molar-refractivity contribution < 1.29 is 4.79 Å². The van der Waals surface area contributed by atoms with Crippen LogP contribution in [0.15, 0.2) is 24.3 Å². The maximum atomic E-state index is 11.9. The lowest BCUT2D eigenvalue weighted by atomic mass is 9.80. The molecule has 1 amide bonds. The third kappa shape index (κ3) is 5.30. The Morgan fingerprint density at radius 1 is 1.29 bits per heavy atom. The fourth-order valence-corrected chi connectivity index (χ4v) is 2.68. The van der Waals surface area contributed by atoms with E-state index in [1.54, 1.807) is 24.3 Å². The molecule has 1 heterocycles. The van der Waals surface area contributed by atoms with Crippen LogP contribution in [0.1, 0.15) is 19.8 Å². The van der Waals surface area contributed by atoms with E-state index in [0.717, 1.165) is 25.3 Å². The minimum atomic E-state index is -0.0196. The summed E-state index contributed by atoms with van der Waals surface area (Å²) in [4.78, 5) is 14.2. The number of amides is 1. The van der Waals surface area contributed by atoms with Gasteiger partial charge in [-0.25, -0.2) is 0 Å². The Bertz CT molecular complexity index is 467. The van der Waals surface area contributed by atoms with Crippen LogP contribution in [-0.4, -0.2) is 44.0 Å². The van der Waals surface area contributed by atoms with Crippen LogP contribution in [0.25, 0.3) is 0 Å². The lowest BCUT2D eigenvalue weighted by molar-refractivity contribution is -0.115. The fraction of sp³-hybridized carbons (Fsp3) is 0.562. The molecule has 116 valence electrons. The second-order valence-electron chi connectivity index (χ2n) is 6.27. The van der Waals surface area contributed by atoms with Gasteiger partial charge in [0.05, 0.1) is 6.54 Å². The highest BCUT2D eigenvalue weighted by Crippen LogP contribution is 2.29. The molecule has 2 N–H and O–H groups in total. The molecule has 5 heteroatoms. The van der Waals surface area contributed by atoms with Crippen molar-refractivity contribution in [2.24, 2.45) is 5.41 Å². The van der Waals surface area contributed by atoms with Gasteiger partial charge in [0.1, 0.15) is 0 Å². The van der Waals surface area contributed by atoms with E-state index < -0.39 is 0 Å². The quantitative estimate of drug-likeness (QED) is 0.879. The van der Waals surface area contributed by atoms with Crippen molar-refractivity contribution in [1.82, 2.24) is 10.2 Å². The molecular weight excluding hydrogens is 286 g/mol. The molecule has 4 nitrogen and oxygen atoms in total. The highest BCUT2D eigenvalue weighted by Gasteiger charge is 2.28. The molecular formula is C16H24ClN3O. The predicted octanol–water partition coefficient (Wildman–Crippen LogP) is 2.60. The van der Waals surface area contributed by atoms with Crippen LogP contribution < -0.4 is 10.6 Å². The van der Waals surface area contributed by atoms with Gasteiger partial charge in [-0.15, -0.1) is 0 Å². The molecule has 1 aliphatic heterocycles. The first-order valence-electron chi connectivity index (χ1n) is 7.42. The van der Waals surface area contributed by atoms with Crippen molar-refractivity contribution in [2.45, 2.75) is 19.8 Å². The van der Waals surface area contributed by atoms with Gasteiger partial charge < -0.3 is 15.5 Å². The van der Waals surface area contributed by atoms with E-state index in [1.165, 1.54) is 12.8 Å². The van der Waals surface area contributed by atoms with Crippen LogP contribution in [0.4, 0.5) is 5.69 Å². The zero-order valence-corrected chi connectivity index (χ0v) is 13.5. The first-order valence-corrected chi connectivity index (χ1v) is 7.79. The Morgan fingerprint density at radius 2 is 1.90 bits per heavy atom. The highest BCUT2D eigenvalue weighted by molar-refractivity contribution is 6.30. The smallest absolute Gasteiger partial charge is 0.238 e. The van der Waals surface area contributed by atoms with Crippen LogP contribution >= 0.6 is 11.6 Å². The number of nitrogens with one attached hydrogen (secondary N) is 2. The first kappa shape index (κ1) is 16.3. The van der Waals surface area contributed by atoms with Gasteiger partial charge in [-0.3, -0.25) is 4.79 Å². The van der Waals surface area contributed by atoms with Crippen molar-refractivity contribution in [3.05, 3.63) is 29.3 Å². The van der Waals surface area contributed by atoms with E-state index in [2.05, 4.69) is 29.5 Å². The number of halogens is 1. The molecule has 0 aromatic heterocycles. The minimum Gasteiger partial charge on any atom is -0.325 e. The van der Waals surface area contributed by atoms with Crippen LogP contribution in [0.3, 0.4) is 0 Å². The van der Waals surface area contributed by atoms with Gasteiger partial charge in [-0.2, -0.15) is 0 Å². The van der Waals surface area contributed by atoms with Crippen molar-refractivity contribution in [3.8, 4) is 0 Å². The standard InChI is InChI=1S/C16H24ClN3O/c1-16(7-9-20(2)10-8-16)12-18-11-15(21)19-14-5-3-13(17)4-6-14/h3-6,18H,7-12H2,1-2H3,(H,19,21). The lowest BCUT2D eigenvalue weighted by Crippen LogP contribution is -2.43. The van der Waals surface area contributed by atoms with Gasteiger partial charge in [-0.05, 0) is 62.7 Å². The van der Waals surface area contributed by atoms with Gasteiger partial charge in [-0.1, -0.05) is 18.5 Å². The Balaban J connectivity index is 1.70.